The topological polar surface area (TPSA) is 44.2 Å². The van der Waals surface area contributed by atoms with Crippen LogP contribution < -0.4 is 10.4 Å². The van der Waals surface area contributed by atoms with Crippen molar-refractivity contribution in [2.45, 2.75) is 13.5 Å². The van der Waals surface area contributed by atoms with Gasteiger partial charge >= 0.3 is 0 Å². The maximum atomic E-state index is 13.4. The summed E-state index contributed by atoms with van der Waals surface area (Å²) >= 11 is 15.8. The van der Waals surface area contributed by atoms with E-state index in [1.807, 2.05) is 72.6 Å². The fourth-order valence-electron chi connectivity index (χ4n) is 3.79. The zero-order valence-corrected chi connectivity index (χ0v) is 21.5. The van der Waals surface area contributed by atoms with Gasteiger partial charge in [0.1, 0.15) is 0 Å². The lowest BCUT2D eigenvalue weighted by molar-refractivity contribution is 0.630. The Labute approximate surface area is 214 Å². The molecule has 2 aromatic carbocycles. The van der Waals surface area contributed by atoms with Gasteiger partial charge in [-0.3, -0.25) is 9.48 Å². The van der Waals surface area contributed by atoms with Crippen LogP contribution in [0.3, 0.4) is 0 Å². The fourth-order valence-corrected chi connectivity index (χ4v) is 5.99. The zero-order valence-electron chi connectivity index (χ0n) is 18.4. The van der Waals surface area contributed by atoms with Crippen molar-refractivity contribution in [3.05, 3.63) is 108 Å². The van der Waals surface area contributed by atoms with Crippen LogP contribution in [0.25, 0.3) is 16.3 Å². The Morgan fingerprint density at radius 1 is 1.00 bits per heavy atom. The summed E-state index contributed by atoms with van der Waals surface area (Å²) in [4.78, 5) is 20.1. The van der Waals surface area contributed by atoms with E-state index in [1.165, 1.54) is 11.3 Å². The van der Waals surface area contributed by atoms with Crippen molar-refractivity contribution in [1.82, 2.24) is 13.9 Å². The van der Waals surface area contributed by atoms with E-state index in [1.54, 1.807) is 22.1 Å². The molecule has 0 aliphatic heterocycles. The van der Waals surface area contributed by atoms with E-state index >= 15 is 0 Å². The first-order valence-corrected chi connectivity index (χ1v) is 13.0. The first-order valence-electron chi connectivity index (χ1n) is 10.5. The number of thiophene rings is 1. The molecule has 0 aliphatic rings. The van der Waals surface area contributed by atoms with E-state index in [4.69, 9.17) is 28.2 Å². The minimum absolute atomic E-state index is 0.159. The van der Waals surface area contributed by atoms with Gasteiger partial charge in [-0.25, -0.2) is 9.67 Å². The van der Waals surface area contributed by atoms with Gasteiger partial charge in [0.2, 0.25) is 0 Å². The van der Waals surface area contributed by atoms with Crippen LogP contribution >= 0.6 is 45.9 Å². The molecule has 0 N–H and O–H groups in total. The number of benzene rings is 2. The SMILES string of the molecule is Cc1c(N=c2scc(-c3cccs3)n2Cc2ccc(Cl)cc2Cl)c(=O)n(-c2ccccc2)n1C. The fraction of sp³-hybridized carbons (Fsp3) is 0.120. The zero-order chi connectivity index (χ0) is 23.8. The molecular weight excluding hydrogens is 507 g/mol. The average Bonchev–Trinajstić information content (AvgIpc) is 3.53. The predicted octanol–water partition coefficient (Wildman–Crippen LogP) is 6.66. The summed E-state index contributed by atoms with van der Waals surface area (Å²) in [5, 5.41) is 5.30. The van der Waals surface area contributed by atoms with Gasteiger partial charge < -0.3 is 4.57 Å². The van der Waals surface area contributed by atoms with Crippen molar-refractivity contribution in [2.75, 3.05) is 0 Å². The molecule has 0 bridgehead atoms. The van der Waals surface area contributed by atoms with Gasteiger partial charge in [0.05, 0.1) is 28.5 Å². The maximum absolute atomic E-state index is 13.4. The Balaban J connectivity index is 1.70. The largest absolute Gasteiger partial charge is 0.311 e. The van der Waals surface area contributed by atoms with Gasteiger partial charge in [0, 0.05) is 22.5 Å². The van der Waals surface area contributed by atoms with Crippen LogP contribution in [0.1, 0.15) is 11.3 Å². The Kier molecular flexibility index (Phi) is 6.36. The molecule has 0 spiro atoms. The van der Waals surface area contributed by atoms with Crippen LogP contribution in [-0.4, -0.2) is 13.9 Å². The van der Waals surface area contributed by atoms with Crippen molar-refractivity contribution >= 4 is 51.6 Å². The molecule has 3 heterocycles. The molecule has 172 valence electrons. The van der Waals surface area contributed by atoms with E-state index < -0.39 is 0 Å². The summed E-state index contributed by atoms with van der Waals surface area (Å²) in [6.45, 7) is 2.41. The molecule has 5 nitrogen and oxygen atoms in total. The van der Waals surface area contributed by atoms with Crippen LogP contribution in [0.2, 0.25) is 10.0 Å². The highest BCUT2D eigenvalue weighted by atomic mass is 35.5. The number of hydrogen-bond acceptors (Lipinski definition) is 4. The van der Waals surface area contributed by atoms with Crippen LogP contribution in [0.5, 0.6) is 0 Å². The van der Waals surface area contributed by atoms with Crippen molar-refractivity contribution in [2.24, 2.45) is 12.0 Å². The summed E-state index contributed by atoms with van der Waals surface area (Å²) in [6.07, 6.45) is 0. The van der Waals surface area contributed by atoms with Gasteiger partial charge in [0.15, 0.2) is 10.5 Å². The van der Waals surface area contributed by atoms with Crippen LogP contribution in [0.15, 0.2) is 81.2 Å². The second kappa shape index (κ2) is 9.43. The van der Waals surface area contributed by atoms with Gasteiger partial charge in [0.25, 0.3) is 5.56 Å². The normalized spacial score (nSPS) is 11.9. The number of hydrogen-bond donors (Lipinski definition) is 0. The second-order valence-electron chi connectivity index (χ2n) is 7.72. The molecule has 0 radical (unpaired) electrons. The summed E-state index contributed by atoms with van der Waals surface area (Å²) in [5.74, 6) is 0. The molecule has 34 heavy (non-hydrogen) atoms. The summed E-state index contributed by atoms with van der Waals surface area (Å²) in [6, 6.07) is 19.2. The summed E-state index contributed by atoms with van der Waals surface area (Å²) in [7, 11) is 1.87. The standard InChI is InChI=1S/C25H20Cl2N4OS2/c1-16-23(24(32)31(29(16)2)19-7-4-3-5-8-19)28-25-30(14-17-10-11-18(26)13-20(17)27)21(15-34-25)22-9-6-12-33-22/h3-13,15H,14H2,1-2H3. The lowest BCUT2D eigenvalue weighted by Gasteiger charge is -2.10. The summed E-state index contributed by atoms with van der Waals surface area (Å²) < 4.78 is 5.58. The lowest BCUT2D eigenvalue weighted by Crippen LogP contribution is -2.20. The van der Waals surface area contributed by atoms with Gasteiger partial charge in [-0.05, 0) is 48.2 Å². The van der Waals surface area contributed by atoms with Crippen LogP contribution in [-0.2, 0) is 13.6 Å². The molecular formula is C25H20Cl2N4OS2. The number of nitrogens with zero attached hydrogens (tertiary/aromatic N) is 4. The molecule has 9 heteroatoms. The van der Waals surface area contributed by atoms with Crippen LogP contribution in [0, 0.1) is 6.92 Å². The molecule has 0 saturated carbocycles. The molecule has 0 aliphatic carbocycles. The molecule has 0 unspecified atom stereocenters. The highest BCUT2D eigenvalue weighted by Crippen LogP contribution is 2.28. The smallest absolute Gasteiger partial charge is 0.297 e. The van der Waals surface area contributed by atoms with E-state index in [9.17, 15) is 4.79 Å². The Hall–Kier alpha value is -2.84. The third-order valence-electron chi connectivity index (χ3n) is 5.65. The van der Waals surface area contributed by atoms with Crippen molar-refractivity contribution in [3.8, 4) is 16.3 Å². The quantitative estimate of drug-likeness (QED) is 0.252. The molecule has 5 rings (SSSR count). The molecule has 5 aromatic rings. The lowest BCUT2D eigenvalue weighted by atomic mass is 10.2. The molecule has 0 amide bonds. The molecule has 3 aromatic heterocycles. The average molecular weight is 528 g/mol. The molecule has 0 fully saturated rings. The number of halogens is 2. The first kappa shape index (κ1) is 22.9. The molecule has 0 atom stereocenters. The highest BCUT2D eigenvalue weighted by molar-refractivity contribution is 7.14. The third-order valence-corrected chi connectivity index (χ3v) is 7.99. The van der Waals surface area contributed by atoms with Gasteiger partial charge in [-0.2, -0.15) is 0 Å². The van der Waals surface area contributed by atoms with Crippen LogP contribution in [0.4, 0.5) is 5.69 Å². The maximum Gasteiger partial charge on any atom is 0.297 e. The van der Waals surface area contributed by atoms with Crippen molar-refractivity contribution < 1.29 is 0 Å². The first-order chi connectivity index (χ1) is 16.4. The van der Waals surface area contributed by atoms with Gasteiger partial charge in [-0.1, -0.05) is 53.5 Å². The number of rotatable bonds is 5. The Bertz CT molecular complexity index is 1590. The monoisotopic (exact) mass is 526 g/mol. The minimum Gasteiger partial charge on any atom is -0.311 e. The summed E-state index contributed by atoms with van der Waals surface area (Å²) in [5.41, 5.74) is 3.80. The Morgan fingerprint density at radius 2 is 1.79 bits per heavy atom. The van der Waals surface area contributed by atoms with E-state index in [2.05, 4.69) is 16.0 Å². The number of thiazole rings is 1. The van der Waals surface area contributed by atoms with E-state index in [0.29, 0.717) is 22.3 Å². The third kappa shape index (κ3) is 4.20. The number of para-hydroxylation sites is 1. The van der Waals surface area contributed by atoms with Crippen molar-refractivity contribution in [3.63, 3.8) is 0 Å². The van der Waals surface area contributed by atoms with E-state index in [0.717, 1.165) is 32.3 Å². The number of aromatic nitrogens is 3. The highest BCUT2D eigenvalue weighted by Gasteiger charge is 2.17. The molecule has 0 saturated heterocycles. The van der Waals surface area contributed by atoms with Crippen molar-refractivity contribution in [1.29, 1.82) is 0 Å². The van der Waals surface area contributed by atoms with Gasteiger partial charge in [-0.15, -0.1) is 22.7 Å². The second-order valence-corrected chi connectivity index (χ2v) is 10.4. The minimum atomic E-state index is -0.159. The Morgan fingerprint density at radius 3 is 2.50 bits per heavy atom. The predicted molar refractivity (Wildman–Crippen MR) is 142 cm³/mol. The van der Waals surface area contributed by atoms with E-state index in [-0.39, 0.29) is 5.56 Å².